The molecule has 2 heteroatoms. The minimum atomic E-state index is 0.575. The fourth-order valence-corrected chi connectivity index (χ4v) is 1.72. The quantitative estimate of drug-likeness (QED) is 0.746. The van der Waals surface area contributed by atoms with Crippen molar-refractivity contribution in [3.63, 3.8) is 0 Å². The van der Waals surface area contributed by atoms with Crippen molar-refractivity contribution in [3.8, 4) is 5.75 Å². The minimum Gasteiger partial charge on any atom is -0.497 e. The topological polar surface area (TPSA) is 21.3 Å². The van der Waals surface area contributed by atoms with Gasteiger partial charge in [0.2, 0.25) is 0 Å². The minimum absolute atomic E-state index is 0.575. The van der Waals surface area contributed by atoms with Crippen LogP contribution in [-0.4, -0.2) is 13.7 Å². The van der Waals surface area contributed by atoms with E-state index in [9.17, 15) is 0 Å². The van der Waals surface area contributed by atoms with E-state index >= 15 is 0 Å². The molecule has 0 aliphatic carbocycles. The van der Waals surface area contributed by atoms with Crippen LogP contribution in [0.1, 0.15) is 23.6 Å². The Morgan fingerprint density at radius 1 is 1.46 bits per heavy atom. The maximum atomic E-state index is 5.16. The molecule has 13 heavy (non-hydrogen) atoms. The Bertz CT molecular complexity index is 305. The van der Waals surface area contributed by atoms with Crippen molar-refractivity contribution >= 4 is 0 Å². The predicted molar refractivity (Wildman–Crippen MR) is 53.1 cm³/mol. The van der Waals surface area contributed by atoms with Crippen LogP contribution in [0.3, 0.4) is 0 Å². The zero-order valence-corrected chi connectivity index (χ0v) is 8.13. The first-order valence-electron chi connectivity index (χ1n) is 4.69. The van der Waals surface area contributed by atoms with E-state index in [4.69, 9.17) is 4.74 Å². The molecule has 1 atom stereocenters. The van der Waals surface area contributed by atoms with Crippen molar-refractivity contribution in [2.75, 3.05) is 13.7 Å². The van der Waals surface area contributed by atoms with Crippen LogP contribution in [0.4, 0.5) is 0 Å². The van der Waals surface area contributed by atoms with Crippen molar-refractivity contribution in [2.45, 2.75) is 19.4 Å². The third-order valence-electron chi connectivity index (χ3n) is 2.68. The zero-order chi connectivity index (χ0) is 9.26. The summed E-state index contributed by atoms with van der Waals surface area (Å²) in [6.07, 6.45) is 1.26. The molecular formula is C11H15NO. The summed E-state index contributed by atoms with van der Waals surface area (Å²) in [6, 6.07) is 6.86. The van der Waals surface area contributed by atoms with Crippen molar-refractivity contribution in [2.24, 2.45) is 0 Å². The average molecular weight is 177 g/mol. The van der Waals surface area contributed by atoms with E-state index in [1.165, 1.54) is 17.5 Å². The molecule has 1 N–H and O–H groups in total. The molecule has 1 fully saturated rings. The van der Waals surface area contributed by atoms with Crippen LogP contribution >= 0.6 is 0 Å². The van der Waals surface area contributed by atoms with Crippen LogP contribution in [0.25, 0.3) is 0 Å². The van der Waals surface area contributed by atoms with E-state index in [1.807, 2.05) is 6.07 Å². The zero-order valence-electron chi connectivity index (χ0n) is 8.13. The number of rotatable bonds is 2. The van der Waals surface area contributed by atoms with E-state index in [1.54, 1.807) is 7.11 Å². The molecule has 1 aromatic carbocycles. The maximum Gasteiger partial charge on any atom is 0.119 e. The van der Waals surface area contributed by atoms with Gasteiger partial charge in [-0.1, -0.05) is 6.07 Å². The second-order valence-electron chi connectivity index (χ2n) is 3.52. The highest BCUT2D eigenvalue weighted by molar-refractivity contribution is 5.37. The lowest BCUT2D eigenvalue weighted by atomic mass is 9.94. The Balaban J connectivity index is 2.26. The second-order valence-corrected chi connectivity index (χ2v) is 3.52. The molecule has 0 spiro atoms. The molecule has 1 aromatic rings. The predicted octanol–water partition coefficient (Wildman–Crippen LogP) is 2.04. The van der Waals surface area contributed by atoms with Gasteiger partial charge in [0, 0.05) is 6.04 Å². The Morgan fingerprint density at radius 3 is 2.69 bits per heavy atom. The van der Waals surface area contributed by atoms with Gasteiger partial charge in [-0.2, -0.15) is 0 Å². The monoisotopic (exact) mass is 177 g/mol. The third-order valence-corrected chi connectivity index (χ3v) is 2.68. The van der Waals surface area contributed by atoms with Gasteiger partial charge in [0.15, 0.2) is 0 Å². The van der Waals surface area contributed by atoms with E-state index in [0.717, 1.165) is 12.3 Å². The molecule has 70 valence electrons. The molecular weight excluding hydrogens is 162 g/mol. The van der Waals surface area contributed by atoms with Gasteiger partial charge in [0.1, 0.15) is 5.75 Å². The van der Waals surface area contributed by atoms with Crippen LogP contribution in [0.2, 0.25) is 0 Å². The van der Waals surface area contributed by atoms with Crippen molar-refractivity contribution in [1.82, 2.24) is 5.32 Å². The highest BCUT2D eigenvalue weighted by Crippen LogP contribution is 2.27. The van der Waals surface area contributed by atoms with Crippen LogP contribution < -0.4 is 10.1 Å². The van der Waals surface area contributed by atoms with E-state index in [0.29, 0.717) is 6.04 Å². The Kier molecular flexibility index (Phi) is 2.23. The number of nitrogens with one attached hydrogen (secondary N) is 1. The lowest BCUT2D eigenvalue weighted by molar-refractivity contribution is 0.380. The summed E-state index contributed by atoms with van der Waals surface area (Å²) in [4.78, 5) is 0. The molecule has 0 radical (unpaired) electrons. The average Bonchev–Trinajstić information content (AvgIpc) is 2.05. The number of ether oxygens (including phenoxy) is 1. The maximum absolute atomic E-state index is 5.16. The summed E-state index contributed by atoms with van der Waals surface area (Å²) >= 11 is 0. The van der Waals surface area contributed by atoms with Gasteiger partial charge in [0.25, 0.3) is 0 Å². The molecule has 0 unspecified atom stereocenters. The fourth-order valence-electron chi connectivity index (χ4n) is 1.72. The van der Waals surface area contributed by atoms with Crippen molar-refractivity contribution < 1.29 is 4.74 Å². The fraction of sp³-hybridized carbons (Fsp3) is 0.455. The molecule has 0 bridgehead atoms. The summed E-state index contributed by atoms with van der Waals surface area (Å²) < 4.78 is 5.16. The summed E-state index contributed by atoms with van der Waals surface area (Å²) in [5.74, 6) is 0.945. The molecule has 2 nitrogen and oxygen atoms in total. The molecule has 1 aliphatic heterocycles. The first kappa shape index (κ1) is 8.57. The van der Waals surface area contributed by atoms with Gasteiger partial charge in [-0.05, 0) is 43.1 Å². The molecule has 1 heterocycles. The van der Waals surface area contributed by atoms with Crippen molar-refractivity contribution in [1.29, 1.82) is 0 Å². The summed E-state index contributed by atoms with van der Waals surface area (Å²) in [5.41, 5.74) is 2.73. The molecule has 1 aliphatic rings. The van der Waals surface area contributed by atoms with Crippen LogP contribution in [0.15, 0.2) is 18.2 Å². The highest BCUT2D eigenvalue weighted by Gasteiger charge is 2.19. The van der Waals surface area contributed by atoms with Gasteiger partial charge >= 0.3 is 0 Å². The summed E-state index contributed by atoms with van der Waals surface area (Å²) in [6.45, 7) is 3.29. The van der Waals surface area contributed by atoms with E-state index in [-0.39, 0.29) is 0 Å². The number of hydrogen-bond donors (Lipinski definition) is 1. The van der Waals surface area contributed by atoms with E-state index < -0.39 is 0 Å². The number of hydrogen-bond acceptors (Lipinski definition) is 2. The number of methoxy groups -OCH3 is 1. The van der Waals surface area contributed by atoms with Gasteiger partial charge in [0.05, 0.1) is 7.11 Å². The van der Waals surface area contributed by atoms with Crippen LogP contribution in [-0.2, 0) is 0 Å². The van der Waals surface area contributed by atoms with Gasteiger partial charge in [-0.25, -0.2) is 0 Å². The first-order chi connectivity index (χ1) is 6.31. The Labute approximate surface area is 78.9 Å². The summed E-state index contributed by atoms with van der Waals surface area (Å²) in [7, 11) is 1.70. The first-order valence-corrected chi connectivity index (χ1v) is 4.69. The molecule has 0 saturated carbocycles. The highest BCUT2D eigenvalue weighted by atomic mass is 16.5. The third kappa shape index (κ3) is 1.54. The number of benzene rings is 1. The summed E-state index contributed by atoms with van der Waals surface area (Å²) in [5, 5.41) is 3.40. The van der Waals surface area contributed by atoms with Crippen LogP contribution in [0.5, 0.6) is 5.75 Å². The standard InChI is InChI=1S/C11H15NO/c1-8-7-9(13-2)3-4-10(8)11-5-6-12-11/h3-4,7,11-12H,5-6H2,1-2H3/t11-/m1/s1. The van der Waals surface area contributed by atoms with E-state index in [2.05, 4.69) is 24.4 Å². The lowest BCUT2D eigenvalue weighted by Gasteiger charge is -2.29. The smallest absolute Gasteiger partial charge is 0.119 e. The Morgan fingerprint density at radius 2 is 2.23 bits per heavy atom. The molecule has 0 amide bonds. The second kappa shape index (κ2) is 3.38. The van der Waals surface area contributed by atoms with Crippen molar-refractivity contribution in [3.05, 3.63) is 29.3 Å². The van der Waals surface area contributed by atoms with Gasteiger partial charge in [-0.3, -0.25) is 0 Å². The number of aryl methyl sites for hydroxylation is 1. The van der Waals surface area contributed by atoms with Gasteiger partial charge < -0.3 is 10.1 Å². The molecule has 2 rings (SSSR count). The normalized spacial score (nSPS) is 20.9. The Hall–Kier alpha value is -1.02. The largest absolute Gasteiger partial charge is 0.497 e. The SMILES string of the molecule is COc1ccc([C@H]2CCN2)c(C)c1. The molecule has 1 saturated heterocycles. The molecule has 0 aromatic heterocycles. The van der Waals surface area contributed by atoms with Gasteiger partial charge in [-0.15, -0.1) is 0 Å². The lowest BCUT2D eigenvalue weighted by Crippen LogP contribution is -2.35. The van der Waals surface area contributed by atoms with Crippen LogP contribution in [0, 0.1) is 6.92 Å².